The van der Waals surface area contributed by atoms with Gasteiger partial charge in [-0.15, -0.1) is 0 Å². The molecule has 1 aromatic heterocycles. The Bertz CT molecular complexity index is 3300. The van der Waals surface area contributed by atoms with Crippen molar-refractivity contribution in [2.45, 2.75) is 140 Å². The maximum Gasteiger partial charge on any atom is 0.408 e. The first-order valence-electron chi connectivity index (χ1n) is 27.7. The molecule has 2 unspecified atom stereocenters. The van der Waals surface area contributed by atoms with E-state index in [1.807, 2.05) is 0 Å². The van der Waals surface area contributed by atoms with E-state index >= 15 is 4.79 Å². The van der Waals surface area contributed by atoms with Crippen LogP contribution in [0.25, 0.3) is 0 Å². The molecule has 14 atom stereocenters. The summed E-state index contributed by atoms with van der Waals surface area (Å²) >= 11 is 0. The summed E-state index contributed by atoms with van der Waals surface area (Å²) in [5.74, 6) is -6.49. The predicted molar refractivity (Wildman–Crippen MR) is 293 cm³/mol. The summed E-state index contributed by atoms with van der Waals surface area (Å²) in [6, 6.07) is 22.4. The summed E-state index contributed by atoms with van der Waals surface area (Å²) < 4.78 is 44.4. The van der Waals surface area contributed by atoms with E-state index in [9.17, 15) is 59.1 Å². The van der Waals surface area contributed by atoms with Crippen LogP contribution in [-0.4, -0.2) is 163 Å². The predicted octanol–water partition coefficient (Wildman–Crippen LogP) is 1.89. The van der Waals surface area contributed by atoms with Crippen LogP contribution in [0.3, 0.4) is 0 Å². The Morgan fingerprint density at radius 2 is 1.49 bits per heavy atom. The first-order valence-corrected chi connectivity index (χ1v) is 27.7. The van der Waals surface area contributed by atoms with Gasteiger partial charge in [0.2, 0.25) is 0 Å². The molecule has 5 aliphatic rings. The molecule has 4 aromatic rings. The van der Waals surface area contributed by atoms with E-state index in [-0.39, 0.29) is 67.0 Å². The molecule has 450 valence electrons. The Kier molecular flexibility index (Phi) is 17.7. The van der Waals surface area contributed by atoms with Gasteiger partial charge in [-0.3, -0.25) is 28.3 Å². The van der Waals surface area contributed by atoms with Crippen molar-refractivity contribution in [1.82, 2.24) is 19.8 Å². The summed E-state index contributed by atoms with van der Waals surface area (Å²) in [7, 11) is 0. The minimum absolute atomic E-state index is 0.00872. The highest BCUT2D eigenvalue weighted by Crippen LogP contribution is 2.64. The number of nitrogens with one attached hydrogen (secondary N) is 2. The number of Topliss-reactive ketones (excluding diaryl/α,β-unsaturated/α-hetero) is 1. The zero-order chi connectivity index (χ0) is 60.6. The summed E-state index contributed by atoms with van der Waals surface area (Å²) in [6.45, 7) is 6.55. The summed E-state index contributed by atoms with van der Waals surface area (Å²) in [5, 5.41) is 63.6. The fourth-order valence-corrected chi connectivity index (χ4v) is 12.9. The molecule has 0 spiro atoms. The number of nitrogens with zero attached hydrogens (tertiary/aromatic N) is 2. The molecule has 9 rings (SSSR count). The SMILES string of the molecule is CC(=O)O[C@@]12CO[C@@H]1C[C@H](O)C1(C)C(=O)[C@H](OC(=O)NCCOCCn3c(=O)c(C)cn([C@@H]4CC(O)[C@H](CO)O4)c3=O)C3=C(C)[C@@H](OC(=O)[C@H](O)[C@@H](NC(=O)c4ccccc4)c4ccccc4)C[C@@](O)([C@@H](OC(=O)c4ccccc4)[C@@H]12)C3(C)C. The van der Waals surface area contributed by atoms with Crippen LogP contribution in [0.15, 0.2) is 118 Å². The van der Waals surface area contributed by atoms with Crippen LogP contribution >= 0.6 is 0 Å². The van der Waals surface area contributed by atoms with Gasteiger partial charge in [-0.1, -0.05) is 80.6 Å². The van der Waals surface area contributed by atoms with Gasteiger partial charge in [0.05, 0.1) is 68.1 Å². The summed E-state index contributed by atoms with van der Waals surface area (Å²) in [6.07, 6.45) is -14.4. The molecule has 3 aromatic carbocycles. The zero-order valence-electron chi connectivity index (χ0n) is 47.2. The number of aliphatic hydroxyl groups excluding tert-OH is 4. The maximum absolute atomic E-state index is 16.1. The second-order valence-corrected chi connectivity index (χ2v) is 22.8. The molecule has 4 fully saturated rings. The average Bonchev–Trinajstić information content (AvgIpc) is 0.738. The van der Waals surface area contributed by atoms with Gasteiger partial charge in [-0.05, 0) is 61.7 Å². The number of fused-ring (bicyclic) bond motifs is 5. The molecule has 2 aliphatic heterocycles. The van der Waals surface area contributed by atoms with Gasteiger partial charge in [-0.2, -0.15) is 0 Å². The fraction of sp³-hybridized carbons (Fsp3) is 0.500. The molecular weight excluding hydrogens is 1100 g/mol. The van der Waals surface area contributed by atoms with Gasteiger partial charge in [0.1, 0.15) is 36.2 Å². The summed E-state index contributed by atoms with van der Waals surface area (Å²) in [4.78, 5) is 113. The van der Waals surface area contributed by atoms with Crippen molar-refractivity contribution < 1.29 is 87.5 Å². The highest BCUT2D eigenvalue weighted by atomic mass is 16.6. The topological polar surface area (TPSA) is 336 Å². The van der Waals surface area contributed by atoms with Gasteiger partial charge in [0, 0.05) is 55.5 Å². The molecule has 24 nitrogen and oxygen atoms in total. The lowest BCUT2D eigenvalue weighted by Gasteiger charge is -2.67. The van der Waals surface area contributed by atoms with E-state index in [0.29, 0.717) is 5.56 Å². The number of hydrogen-bond donors (Lipinski definition) is 7. The maximum atomic E-state index is 16.1. The van der Waals surface area contributed by atoms with Crippen molar-refractivity contribution in [1.29, 1.82) is 0 Å². The third-order valence-corrected chi connectivity index (χ3v) is 17.5. The van der Waals surface area contributed by atoms with Crippen LogP contribution in [0.1, 0.15) is 98.0 Å². The number of hydrogen-bond acceptors (Lipinski definition) is 20. The van der Waals surface area contributed by atoms with Crippen LogP contribution < -0.4 is 21.9 Å². The Morgan fingerprint density at radius 3 is 2.10 bits per heavy atom. The number of ether oxygens (including phenoxy) is 7. The van der Waals surface area contributed by atoms with Crippen LogP contribution in [0, 0.1) is 23.7 Å². The third-order valence-electron chi connectivity index (χ3n) is 17.5. The monoisotopic (exact) mass is 1170 g/mol. The highest BCUT2D eigenvalue weighted by molar-refractivity contribution is 5.96. The van der Waals surface area contributed by atoms with E-state index in [1.54, 1.807) is 66.7 Å². The second-order valence-electron chi connectivity index (χ2n) is 22.8. The van der Waals surface area contributed by atoms with E-state index in [4.69, 9.17) is 33.2 Å². The Hall–Kier alpha value is -7.42. The lowest BCUT2D eigenvalue weighted by Crippen LogP contribution is -2.82. The van der Waals surface area contributed by atoms with Gasteiger partial charge in [0.25, 0.3) is 11.5 Å². The normalized spacial score (nSPS) is 30.2. The number of aliphatic hydroxyl groups is 5. The molecule has 2 bridgehead atoms. The molecule has 7 N–H and O–H groups in total. The molecule has 2 saturated carbocycles. The van der Waals surface area contributed by atoms with Crippen molar-refractivity contribution >= 4 is 35.7 Å². The standard InChI is InChI=1S/C60H70N4O20/c1-32-29-64(43-26-38(67)40(30-65)80-43)56(76)63(52(32)72)23-25-78-24-22-61-55(75)82-47-44-33(2)39(81-54(74)46(69)45(35-16-10-7-11-17-35)62-51(71)36-18-12-8-13-19-36)28-60(77,57(44,4)5)50(83-53(73)37-20-14-9-15-21-37)48-58(6,49(47)70)41(68)27-42-59(48,31-79-42)84-34(3)66/h7-21,29,38-43,45-48,50,65,67-69,77H,22-28,30-31H2,1-6H3,(H,61,75)(H,62,71)/t38?,39-,40-,41-,42+,43-,45-,46+,47+,48-,50-,58?,59-,60+/m0/s1. The van der Waals surface area contributed by atoms with Crippen LogP contribution in [-0.2, 0) is 54.1 Å². The largest absolute Gasteiger partial charge is 0.456 e. The number of carbonyl (C=O) groups excluding carboxylic acids is 6. The molecule has 3 heterocycles. The molecular formula is C60H70N4O20. The van der Waals surface area contributed by atoms with Gasteiger partial charge >= 0.3 is 29.7 Å². The highest BCUT2D eigenvalue weighted by Gasteiger charge is 2.78. The first kappa shape index (κ1) is 61.1. The number of ketones is 1. The van der Waals surface area contributed by atoms with Gasteiger partial charge < -0.3 is 69.3 Å². The van der Waals surface area contributed by atoms with Gasteiger partial charge in [0.15, 0.2) is 23.6 Å². The number of alkyl carbamates (subject to hydrolysis) is 1. The first-order chi connectivity index (χ1) is 39.9. The van der Waals surface area contributed by atoms with Crippen molar-refractivity contribution in [2.24, 2.45) is 16.7 Å². The van der Waals surface area contributed by atoms with Crippen molar-refractivity contribution in [2.75, 3.05) is 33.0 Å². The number of aromatic nitrogens is 2. The molecule has 24 heteroatoms. The molecule has 84 heavy (non-hydrogen) atoms. The van der Waals surface area contributed by atoms with Crippen LogP contribution in [0.2, 0.25) is 0 Å². The van der Waals surface area contributed by atoms with Crippen molar-refractivity contribution in [3.63, 3.8) is 0 Å². The number of benzene rings is 3. The molecule has 2 amide bonds. The Morgan fingerprint density at radius 1 is 0.845 bits per heavy atom. The molecule has 3 aliphatic carbocycles. The van der Waals surface area contributed by atoms with Crippen molar-refractivity contribution in [3.8, 4) is 0 Å². The molecule has 0 radical (unpaired) electrons. The minimum Gasteiger partial charge on any atom is -0.456 e. The quantitative estimate of drug-likeness (QED) is 0.0324. The van der Waals surface area contributed by atoms with Crippen molar-refractivity contribution in [3.05, 3.63) is 151 Å². The Labute approximate surface area is 482 Å². The van der Waals surface area contributed by atoms with Gasteiger partial charge in [-0.25, -0.2) is 19.2 Å². The Balaban J connectivity index is 1.06. The third kappa shape index (κ3) is 11.1. The lowest BCUT2D eigenvalue weighted by atomic mass is 9.44. The number of rotatable bonds is 18. The zero-order valence-corrected chi connectivity index (χ0v) is 47.2. The number of aryl methyl sites for hydroxylation is 1. The van der Waals surface area contributed by atoms with E-state index in [1.165, 1.54) is 65.1 Å². The summed E-state index contributed by atoms with van der Waals surface area (Å²) in [5.41, 5.74) is -9.24. The van der Waals surface area contributed by atoms with E-state index in [0.717, 1.165) is 16.1 Å². The smallest absolute Gasteiger partial charge is 0.408 e. The molecule has 2 saturated heterocycles. The van der Waals surface area contributed by atoms with Crippen LogP contribution in [0.4, 0.5) is 4.79 Å². The van der Waals surface area contributed by atoms with E-state index in [2.05, 4.69) is 10.6 Å². The number of esters is 3. The number of carbonyl (C=O) groups is 6. The lowest BCUT2D eigenvalue weighted by molar-refractivity contribution is -0.345. The fourth-order valence-electron chi connectivity index (χ4n) is 12.9. The number of amides is 2. The van der Waals surface area contributed by atoms with Crippen LogP contribution in [0.5, 0.6) is 0 Å². The average molecular weight is 1170 g/mol. The second kappa shape index (κ2) is 24.3. The van der Waals surface area contributed by atoms with E-state index < -0.39 is 156 Å². The minimum atomic E-state index is -2.54.